The van der Waals surface area contributed by atoms with Crippen molar-refractivity contribution < 1.29 is 23.6 Å². The van der Waals surface area contributed by atoms with Crippen molar-refractivity contribution in [2.75, 3.05) is 14.2 Å². The molecule has 0 saturated carbocycles. The maximum Gasteiger partial charge on any atom is 0.325 e. The number of rotatable bonds is 5. The van der Waals surface area contributed by atoms with Crippen molar-refractivity contribution in [3.05, 3.63) is 59.5 Å². The molecule has 0 radical (unpaired) electrons. The van der Waals surface area contributed by atoms with Crippen LogP contribution < -0.4 is 14.8 Å². The van der Waals surface area contributed by atoms with Crippen molar-refractivity contribution in [2.24, 2.45) is 0 Å². The average Bonchev–Trinajstić information content (AvgIpc) is 3.48. The van der Waals surface area contributed by atoms with Crippen LogP contribution in [0.2, 0.25) is 0 Å². The summed E-state index contributed by atoms with van der Waals surface area (Å²) in [5.41, 5.74) is 1.57. The van der Waals surface area contributed by atoms with E-state index in [-0.39, 0.29) is 18.3 Å². The van der Waals surface area contributed by atoms with E-state index in [0.29, 0.717) is 29.3 Å². The molecule has 158 valence electrons. The summed E-state index contributed by atoms with van der Waals surface area (Å²) in [5, 5.41) is 6.87. The van der Waals surface area contributed by atoms with E-state index >= 15 is 0 Å². The fourth-order valence-corrected chi connectivity index (χ4v) is 4.28. The van der Waals surface area contributed by atoms with Gasteiger partial charge in [-0.2, -0.15) is 4.98 Å². The Morgan fingerprint density at radius 2 is 1.94 bits per heavy atom. The summed E-state index contributed by atoms with van der Waals surface area (Å²) in [5.74, 6) is 1.30. The summed E-state index contributed by atoms with van der Waals surface area (Å²) in [6.45, 7) is -0.102. The summed E-state index contributed by atoms with van der Waals surface area (Å²) < 4.78 is 15.9. The lowest BCUT2D eigenvalue weighted by atomic mass is 9.92. The van der Waals surface area contributed by atoms with Gasteiger partial charge in [0.05, 0.1) is 14.2 Å². The lowest BCUT2D eigenvalue weighted by Crippen LogP contribution is -2.41. The molecule has 31 heavy (non-hydrogen) atoms. The Labute approximate surface area is 177 Å². The molecular formula is C22H20N4O5. The van der Waals surface area contributed by atoms with Crippen LogP contribution in [0.1, 0.15) is 23.4 Å². The number of aryl methyl sites for hydroxylation is 1. The third kappa shape index (κ3) is 2.92. The molecule has 5 rings (SSSR count). The first-order chi connectivity index (χ1) is 15.1. The fourth-order valence-electron chi connectivity index (χ4n) is 4.28. The van der Waals surface area contributed by atoms with E-state index in [1.54, 1.807) is 25.3 Å². The third-order valence-electron chi connectivity index (χ3n) is 5.83. The van der Waals surface area contributed by atoms with Crippen LogP contribution in [0.5, 0.6) is 11.5 Å². The van der Waals surface area contributed by atoms with E-state index < -0.39 is 11.6 Å². The van der Waals surface area contributed by atoms with Gasteiger partial charge in [-0.1, -0.05) is 29.4 Å². The van der Waals surface area contributed by atoms with E-state index in [1.165, 1.54) is 7.11 Å². The number of imide groups is 1. The van der Waals surface area contributed by atoms with E-state index in [2.05, 4.69) is 15.5 Å². The molecule has 2 aliphatic rings. The van der Waals surface area contributed by atoms with Crippen LogP contribution in [-0.2, 0) is 23.3 Å². The van der Waals surface area contributed by atoms with Gasteiger partial charge in [0.15, 0.2) is 11.5 Å². The molecule has 1 aliphatic heterocycles. The molecule has 0 bridgehead atoms. The molecule has 1 fully saturated rings. The molecule has 2 heterocycles. The quantitative estimate of drug-likeness (QED) is 0.633. The van der Waals surface area contributed by atoms with E-state index in [4.69, 9.17) is 14.0 Å². The van der Waals surface area contributed by atoms with E-state index in [0.717, 1.165) is 22.4 Å². The second-order valence-electron chi connectivity index (χ2n) is 7.47. The minimum Gasteiger partial charge on any atom is -0.493 e. The normalized spacial score (nSPS) is 19.6. The van der Waals surface area contributed by atoms with Crippen LogP contribution in [-0.4, -0.2) is 41.2 Å². The summed E-state index contributed by atoms with van der Waals surface area (Å²) in [7, 11) is 3.09. The Balaban J connectivity index is 1.39. The first-order valence-corrected chi connectivity index (χ1v) is 9.83. The summed E-state index contributed by atoms with van der Waals surface area (Å²) >= 11 is 0. The van der Waals surface area contributed by atoms with Crippen molar-refractivity contribution in [3.63, 3.8) is 0 Å². The van der Waals surface area contributed by atoms with Crippen molar-refractivity contribution in [1.29, 1.82) is 0 Å². The second-order valence-corrected chi connectivity index (χ2v) is 7.47. The molecular weight excluding hydrogens is 400 g/mol. The number of benzene rings is 2. The number of methoxy groups -OCH3 is 2. The third-order valence-corrected chi connectivity index (χ3v) is 5.83. The van der Waals surface area contributed by atoms with Crippen LogP contribution in [0.25, 0.3) is 11.4 Å². The van der Waals surface area contributed by atoms with Gasteiger partial charge in [0.1, 0.15) is 12.1 Å². The van der Waals surface area contributed by atoms with Gasteiger partial charge in [-0.25, -0.2) is 4.79 Å². The van der Waals surface area contributed by atoms with Gasteiger partial charge < -0.3 is 19.3 Å². The highest BCUT2D eigenvalue weighted by Gasteiger charge is 2.55. The smallest absolute Gasteiger partial charge is 0.325 e. The fraction of sp³-hybridized carbons (Fsp3) is 0.273. The van der Waals surface area contributed by atoms with E-state index in [9.17, 15) is 9.59 Å². The highest BCUT2D eigenvalue weighted by atomic mass is 16.5. The summed E-state index contributed by atoms with van der Waals surface area (Å²) in [6.07, 6.45) is 1.27. The lowest BCUT2D eigenvalue weighted by Gasteiger charge is -2.21. The molecule has 1 aromatic heterocycles. The lowest BCUT2D eigenvalue weighted by molar-refractivity contribution is -0.132. The van der Waals surface area contributed by atoms with Gasteiger partial charge in [-0.15, -0.1) is 0 Å². The zero-order chi connectivity index (χ0) is 21.6. The molecule has 3 amide bonds. The number of fused-ring (bicyclic) bond motifs is 2. The van der Waals surface area contributed by atoms with Gasteiger partial charge in [0.2, 0.25) is 11.7 Å². The Morgan fingerprint density at radius 3 is 2.74 bits per heavy atom. The molecule has 1 aliphatic carbocycles. The summed E-state index contributed by atoms with van der Waals surface area (Å²) in [4.78, 5) is 31.4. The molecule has 1 atom stereocenters. The molecule has 2 aromatic carbocycles. The molecule has 9 nitrogen and oxygen atoms in total. The average molecular weight is 420 g/mol. The zero-order valence-corrected chi connectivity index (χ0v) is 17.0. The topological polar surface area (TPSA) is 107 Å². The number of nitrogens with zero attached hydrogens (tertiary/aromatic N) is 3. The Kier molecular flexibility index (Phi) is 4.39. The Hall–Kier alpha value is -3.88. The Bertz CT molecular complexity index is 1190. The van der Waals surface area contributed by atoms with Crippen LogP contribution in [0.3, 0.4) is 0 Å². The van der Waals surface area contributed by atoms with Gasteiger partial charge in [0, 0.05) is 5.56 Å². The maximum atomic E-state index is 13.3. The number of ether oxygens (including phenoxy) is 2. The number of hydrogen-bond acceptors (Lipinski definition) is 7. The van der Waals surface area contributed by atoms with Crippen molar-refractivity contribution in [1.82, 2.24) is 20.4 Å². The summed E-state index contributed by atoms with van der Waals surface area (Å²) in [6, 6.07) is 12.5. The van der Waals surface area contributed by atoms with Crippen LogP contribution in [0.4, 0.5) is 4.79 Å². The molecule has 1 saturated heterocycles. The SMILES string of the molecule is COc1ccc(-c2noc(CN3C(=O)NC4(CCc5ccccc54)C3=O)n2)cc1OC. The van der Waals surface area contributed by atoms with Gasteiger partial charge in [-0.3, -0.25) is 9.69 Å². The van der Waals surface area contributed by atoms with Crippen LogP contribution in [0, 0.1) is 0 Å². The number of aromatic nitrogens is 2. The maximum absolute atomic E-state index is 13.3. The first-order valence-electron chi connectivity index (χ1n) is 9.83. The van der Waals surface area contributed by atoms with Gasteiger partial charge >= 0.3 is 6.03 Å². The number of nitrogens with one attached hydrogen (secondary N) is 1. The minimum atomic E-state index is -1.01. The number of carbonyl (C=O) groups excluding carboxylic acids is 2. The monoisotopic (exact) mass is 420 g/mol. The number of amides is 3. The molecule has 1 spiro atoms. The van der Waals surface area contributed by atoms with E-state index in [1.807, 2.05) is 24.3 Å². The largest absolute Gasteiger partial charge is 0.493 e. The highest BCUT2D eigenvalue weighted by Crippen LogP contribution is 2.41. The zero-order valence-electron chi connectivity index (χ0n) is 17.0. The molecule has 9 heteroatoms. The molecule has 3 aromatic rings. The molecule has 1 N–H and O–H groups in total. The second kappa shape index (κ2) is 7.12. The number of urea groups is 1. The van der Waals surface area contributed by atoms with Crippen molar-refractivity contribution in [2.45, 2.75) is 24.9 Å². The predicted octanol–water partition coefficient (Wildman–Crippen LogP) is 2.65. The van der Waals surface area contributed by atoms with Crippen molar-refractivity contribution >= 4 is 11.9 Å². The minimum absolute atomic E-state index is 0.102. The van der Waals surface area contributed by atoms with Crippen LogP contribution in [0.15, 0.2) is 47.0 Å². The number of carbonyl (C=O) groups is 2. The number of hydrogen-bond donors (Lipinski definition) is 1. The Morgan fingerprint density at radius 1 is 1.13 bits per heavy atom. The van der Waals surface area contributed by atoms with Gasteiger partial charge in [-0.05, 0) is 42.2 Å². The predicted molar refractivity (Wildman–Crippen MR) is 108 cm³/mol. The van der Waals surface area contributed by atoms with Gasteiger partial charge in [0.25, 0.3) is 5.91 Å². The van der Waals surface area contributed by atoms with Crippen LogP contribution >= 0.6 is 0 Å². The highest BCUT2D eigenvalue weighted by molar-refractivity contribution is 6.08. The first kappa shape index (κ1) is 19.1. The molecule has 1 unspecified atom stereocenters. The van der Waals surface area contributed by atoms with Crippen molar-refractivity contribution in [3.8, 4) is 22.9 Å². The standard InChI is InChI=1S/C22H20N4O5/c1-29-16-8-7-14(11-17(16)30-2)19-23-18(31-25-19)12-26-20(27)22(24-21(26)28)10-9-13-5-3-4-6-15(13)22/h3-8,11H,9-10,12H2,1-2H3,(H,24,28).